The lowest BCUT2D eigenvalue weighted by Crippen LogP contribution is -2.42. The number of hydrogen-bond donors (Lipinski definition) is 3. The molecule has 2 aromatic rings. The maximum Gasteiger partial charge on any atom is 0.221 e. The number of aliphatic imine (C=N–C) groups is 1. The van der Waals surface area contributed by atoms with E-state index < -0.39 is 0 Å². The molecular weight excluding hydrogens is 517 g/mol. The number of guanidine groups is 1. The molecule has 1 heterocycles. The summed E-state index contributed by atoms with van der Waals surface area (Å²) >= 11 is 0. The summed E-state index contributed by atoms with van der Waals surface area (Å²) in [4.78, 5) is 18.4. The fraction of sp³-hybridized carbons (Fsp3) is 0.417. The lowest BCUT2D eigenvalue weighted by atomic mass is 10.1. The predicted octanol–water partition coefficient (Wildman–Crippen LogP) is 3.77. The zero-order valence-electron chi connectivity index (χ0n) is 19.1. The molecule has 1 fully saturated rings. The molecule has 1 amide bonds. The molecule has 1 aliphatic heterocycles. The molecule has 0 aromatic heterocycles. The van der Waals surface area contributed by atoms with Crippen molar-refractivity contribution in [2.45, 2.75) is 32.4 Å². The van der Waals surface area contributed by atoms with Gasteiger partial charge in [-0.1, -0.05) is 36.4 Å². The number of carbonyl (C=O) groups is 1. The van der Waals surface area contributed by atoms with Crippen LogP contribution in [0.4, 0.5) is 5.69 Å². The van der Waals surface area contributed by atoms with Gasteiger partial charge in [-0.05, 0) is 49.2 Å². The van der Waals surface area contributed by atoms with Crippen LogP contribution in [0, 0.1) is 0 Å². The van der Waals surface area contributed by atoms with Crippen molar-refractivity contribution in [2.75, 3.05) is 39.1 Å². The summed E-state index contributed by atoms with van der Waals surface area (Å²) in [5.41, 5.74) is 3.00. The quantitative estimate of drug-likeness (QED) is 0.265. The van der Waals surface area contributed by atoms with Crippen molar-refractivity contribution >= 4 is 41.5 Å². The minimum atomic E-state index is -0.130. The zero-order valence-corrected chi connectivity index (χ0v) is 21.4. The SMILES string of the molecule is CN=C(NCc1ccc(OC)c(NC(C)=O)c1)NCC(c1ccccc1)N1CCCC1.I. The van der Waals surface area contributed by atoms with Gasteiger partial charge in [-0.25, -0.2) is 0 Å². The summed E-state index contributed by atoms with van der Waals surface area (Å²) in [5, 5.41) is 9.67. The topological polar surface area (TPSA) is 78.0 Å². The molecule has 7 nitrogen and oxygen atoms in total. The van der Waals surface area contributed by atoms with Crippen molar-refractivity contribution in [3.05, 3.63) is 59.7 Å². The number of methoxy groups -OCH3 is 1. The Kier molecular flexibility index (Phi) is 10.8. The fourth-order valence-electron chi connectivity index (χ4n) is 3.94. The van der Waals surface area contributed by atoms with E-state index >= 15 is 0 Å². The van der Waals surface area contributed by atoms with Crippen LogP contribution >= 0.6 is 24.0 Å². The summed E-state index contributed by atoms with van der Waals surface area (Å²) in [6, 6.07) is 16.7. The van der Waals surface area contributed by atoms with Gasteiger partial charge < -0.3 is 20.7 Å². The van der Waals surface area contributed by atoms with Gasteiger partial charge in [0, 0.05) is 27.1 Å². The maximum atomic E-state index is 11.5. The van der Waals surface area contributed by atoms with Gasteiger partial charge in [0.05, 0.1) is 18.8 Å². The van der Waals surface area contributed by atoms with Crippen LogP contribution in [0.5, 0.6) is 5.75 Å². The number of hydrogen-bond acceptors (Lipinski definition) is 4. The van der Waals surface area contributed by atoms with Crippen LogP contribution in [-0.2, 0) is 11.3 Å². The smallest absolute Gasteiger partial charge is 0.221 e. The Bertz CT molecular complexity index is 885. The van der Waals surface area contributed by atoms with Crippen molar-refractivity contribution < 1.29 is 9.53 Å². The second kappa shape index (κ2) is 13.3. The second-order valence-corrected chi connectivity index (χ2v) is 7.69. The Labute approximate surface area is 208 Å². The highest BCUT2D eigenvalue weighted by atomic mass is 127. The maximum absolute atomic E-state index is 11.5. The molecular formula is C24H34IN5O2. The summed E-state index contributed by atoms with van der Waals surface area (Å²) in [6.07, 6.45) is 2.51. The summed E-state index contributed by atoms with van der Waals surface area (Å²) in [7, 11) is 3.37. The molecule has 1 unspecified atom stereocenters. The number of halogens is 1. The van der Waals surface area contributed by atoms with E-state index in [1.54, 1.807) is 14.2 Å². The minimum Gasteiger partial charge on any atom is -0.495 e. The molecule has 1 saturated heterocycles. The van der Waals surface area contributed by atoms with Gasteiger partial charge in [-0.3, -0.25) is 14.7 Å². The van der Waals surface area contributed by atoms with Gasteiger partial charge in [0.15, 0.2) is 5.96 Å². The molecule has 3 rings (SSSR count). The van der Waals surface area contributed by atoms with Crippen LogP contribution in [0.2, 0.25) is 0 Å². The van der Waals surface area contributed by atoms with E-state index in [4.69, 9.17) is 4.74 Å². The molecule has 0 saturated carbocycles. The van der Waals surface area contributed by atoms with Crippen LogP contribution in [-0.4, -0.2) is 50.6 Å². The Morgan fingerprint density at radius 3 is 2.47 bits per heavy atom. The van der Waals surface area contributed by atoms with E-state index in [2.05, 4.69) is 56.2 Å². The van der Waals surface area contributed by atoms with E-state index in [1.165, 1.54) is 25.3 Å². The van der Waals surface area contributed by atoms with Crippen molar-refractivity contribution in [3.8, 4) is 5.75 Å². The molecule has 0 spiro atoms. The van der Waals surface area contributed by atoms with Gasteiger partial charge in [0.25, 0.3) is 0 Å². The van der Waals surface area contributed by atoms with E-state index in [9.17, 15) is 4.79 Å². The minimum absolute atomic E-state index is 0. The predicted molar refractivity (Wildman–Crippen MR) is 141 cm³/mol. The third-order valence-corrected chi connectivity index (χ3v) is 5.49. The van der Waals surface area contributed by atoms with E-state index in [-0.39, 0.29) is 29.9 Å². The molecule has 2 aromatic carbocycles. The standard InChI is InChI=1S/C24H33N5O2.HI/c1-18(30)28-21-15-19(11-12-23(21)31-3)16-26-24(25-2)27-17-22(29-13-7-8-14-29)20-9-5-4-6-10-20;/h4-6,9-12,15,22H,7-8,13-14,16-17H2,1-3H3,(H,28,30)(H2,25,26,27);1H. The molecule has 3 N–H and O–H groups in total. The first-order valence-corrected chi connectivity index (χ1v) is 10.8. The van der Waals surface area contributed by atoms with Crippen molar-refractivity contribution in [3.63, 3.8) is 0 Å². The number of carbonyl (C=O) groups excluding carboxylic acids is 1. The number of likely N-dealkylation sites (tertiary alicyclic amines) is 1. The number of nitrogens with one attached hydrogen (secondary N) is 3. The van der Waals surface area contributed by atoms with Crippen LogP contribution < -0.4 is 20.7 Å². The zero-order chi connectivity index (χ0) is 22.1. The molecule has 0 radical (unpaired) electrons. The molecule has 32 heavy (non-hydrogen) atoms. The number of anilines is 1. The first-order valence-electron chi connectivity index (χ1n) is 10.8. The van der Waals surface area contributed by atoms with Gasteiger partial charge in [0.2, 0.25) is 5.91 Å². The lowest BCUT2D eigenvalue weighted by molar-refractivity contribution is -0.114. The van der Waals surface area contributed by atoms with E-state index in [0.717, 1.165) is 31.2 Å². The molecule has 0 aliphatic carbocycles. The number of rotatable bonds is 8. The molecule has 0 bridgehead atoms. The van der Waals surface area contributed by atoms with Crippen molar-refractivity contribution in [2.24, 2.45) is 4.99 Å². The van der Waals surface area contributed by atoms with Gasteiger partial charge >= 0.3 is 0 Å². The number of nitrogens with zero attached hydrogens (tertiary/aromatic N) is 2. The largest absolute Gasteiger partial charge is 0.495 e. The Morgan fingerprint density at radius 1 is 1.12 bits per heavy atom. The highest BCUT2D eigenvalue weighted by molar-refractivity contribution is 14.0. The van der Waals surface area contributed by atoms with Crippen LogP contribution in [0.3, 0.4) is 0 Å². The third-order valence-electron chi connectivity index (χ3n) is 5.49. The highest BCUT2D eigenvalue weighted by Crippen LogP contribution is 2.26. The second-order valence-electron chi connectivity index (χ2n) is 7.69. The molecule has 174 valence electrons. The molecule has 8 heteroatoms. The average Bonchev–Trinajstić information content (AvgIpc) is 3.31. The van der Waals surface area contributed by atoms with Gasteiger partial charge in [-0.2, -0.15) is 0 Å². The normalized spacial score (nSPS) is 14.9. The Balaban J connectivity index is 0.00000363. The summed E-state index contributed by atoms with van der Waals surface area (Å²) in [5.74, 6) is 1.25. The lowest BCUT2D eigenvalue weighted by Gasteiger charge is -2.29. The molecule has 1 aliphatic rings. The van der Waals surface area contributed by atoms with E-state index in [1.807, 2.05) is 18.2 Å². The highest BCUT2D eigenvalue weighted by Gasteiger charge is 2.23. The number of benzene rings is 2. The first kappa shape index (κ1) is 25.9. The van der Waals surface area contributed by atoms with Crippen LogP contribution in [0.25, 0.3) is 0 Å². The van der Waals surface area contributed by atoms with Crippen molar-refractivity contribution in [1.82, 2.24) is 15.5 Å². The van der Waals surface area contributed by atoms with Crippen LogP contribution in [0.1, 0.15) is 36.9 Å². The van der Waals surface area contributed by atoms with Crippen LogP contribution in [0.15, 0.2) is 53.5 Å². The summed E-state index contributed by atoms with van der Waals surface area (Å²) < 4.78 is 5.33. The van der Waals surface area contributed by atoms with Gasteiger partial charge in [-0.15, -0.1) is 24.0 Å². The number of ether oxygens (including phenoxy) is 1. The Morgan fingerprint density at radius 2 is 1.84 bits per heavy atom. The average molecular weight is 551 g/mol. The summed E-state index contributed by atoms with van der Waals surface area (Å²) in [6.45, 7) is 5.11. The van der Waals surface area contributed by atoms with Crippen molar-refractivity contribution in [1.29, 1.82) is 0 Å². The molecule has 1 atom stereocenters. The Hall–Kier alpha value is -2.33. The fourth-order valence-corrected chi connectivity index (χ4v) is 3.94. The monoisotopic (exact) mass is 551 g/mol. The first-order chi connectivity index (χ1) is 15.1. The van der Waals surface area contributed by atoms with Gasteiger partial charge in [0.1, 0.15) is 5.75 Å². The van der Waals surface area contributed by atoms with E-state index in [0.29, 0.717) is 24.0 Å². The number of amides is 1. The third kappa shape index (κ3) is 7.37.